The Bertz CT molecular complexity index is 944. The summed E-state index contributed by atoms with van der Waals surface area (Å²) in [4.78, 5) is 0.292. The molecule has 23 heavy (non-hydrogen) atoms. The van der Waals surface area contributed by atoms with Gasteiger partial charge in [-0.2, -0.15) is 0 Å². The van der Waals surface area contributed by atoms with E-state index in [9.17, 15) is 8.42 Å². The molecule has 0 atom stereocenters. The molecule has 3 aromatic rings. The van der Waals surface area contributed by atoms with Gasteiger partial charge in [0.25, 0.3) is 10.0 Å². The van der Waals surface area contributed by atoms with Gasteiger partial charge in [-0.05, 0) is 48.7 Å². The summed E-state index contributed by atoms with van der Waals surface area (Å²) < 4.78 is 33.1. The predicted octanol–water partition coefficient (Wildman–Crippen LogP) is 4.04. The molecule has 0 aliphatic carbocycles. The minimum atomic E-state index is -3.56. The standard InChI is InChI=1S/C17H17NO3S2/c1-12-4-7-15(8-5-12)23(19,20)18(2)17-11-13-10-14(21-3)6-9-16(13)22-17/h4-11H,1-3H3. The predicted molar refractivity (Wildman–Crippen MR) is 95.1 cm³/mol. The Balaban J connectivity index is 2.01. The molecule has 4 nitrogen and oxygen atoms in total. The van der Waals surface area contributed by atoms with Crippen LogP contribution in [0.15, 0.2) is 53.4 Å². The number of sulfonamides is 1. The molecular weight excluding hydrogens is 330 g/mol. The van der Waals surface area contributed by atoms with Crippen molar-refractivity contribution >= 4 is 36.4 Å². The summed E-state index contributed by atoms with van der Waals surface area (Å²) >= 11 is 1.44. The van der Waals surface area contributed by atoms with Crippen LogP contribution >= 0.6 is 11.3 Å². The number of fused-ring (bicyclic) bond motifs is 1. The highest BCUT2D eigenvalue weighted by Crippen LogP contribution is 2.36. The van der Waals surface area contributed by atoms with Crippen molar-refractivity contribution in [1.82, 2.24) is 0 Å². The lowest BCUT2D eigenvalue weighted by Gasteiger charge is -2.17. The van der Waals surface area contributed by atoms with Gasteiger partial charge in [-0.15, -0.1) is 11.3 Å². The first-order valence-electron chi connectivity index (χ1n) is 7.05. The van der Waals surface area contributed by atoms with Crippen molar-refractivity contribution in [3.63, 3.8) is 0 Å². The number of anilines is 1. The summed E-state index contributed by atoms with van der Waals surface area (Å²) in [6, 6.07) is 14.5. The molecule has 2 aromatic carbocycles. The highest BCUT2D eigenvalue weighted by atomic mass is 32.2. The summed E-state index contributed by atoms with van der Waals surface area (Å²) in [6.07, 6.45) is 0. The highest BCUT2D eigenvalue weighted by molar-refractivity contribution is 7.93. The van der Waals surface area contributed by atoms with Gasteiger partial charge >= 0.3 is 0 Å². The first kappa shape index (κ1) is 15.8. The SMILES string of the molecule is COc1ccc2sc(N(C)S(=O)(=O)c3ccc(C)cc3)cc2c1. The van der Waals surface area contributed by atoms with Crippen LogP contribution in [0, 0.1) is 6.92 Å². The van der Waals surface area contributed by atoms with Gasteiger partial charge in [0.05, 0.1) is 12.0 Å². The lowest BCUT2D eigenvalue weighted by atomic mass is 10.2. The molecule has 0 bridgehead atoms. The molecule has 0 unspecified atom stereocenters. The number of ether oxygens (including phenoxy) is 1. The van der Waals surface area contributed by atoms with E-state index in [-0.39, 0.29) is 0 Å². The molecule has 6 heteroatoms. The number of methoxy groups -OCH3 is 1. The van der Waals surface area contributed by atoms with Crippen LogP contribution in [0.1, 0.15) is 5.56 Å². The molecule has 3 rings (SSSR count). The zero-order valence-electron chi connectivity index (χ0n) is 13.1. The summed E-state index contributed by atoms with van der Waals surface area (Å²) in [5.74, 6) is 0.755. The molecule has 1 aromatic heterocycles. The zero-order chi connectivity index (χ0) is 16.6. The average Bonchev–Trinajstić information content (AvgIpc) is 2.97. The second-order valence-corrected chi connectivity index (χ2v) is 8.31. The summed E-state index contributed by atoms with van der Waals surface area (Å²) in [5.41, 5.74) is 1.03. The monoisotopic (exact) mass is 347 g/mol. The van der Waals surface area contributed by atoms with Crippen LogP contribution in [0.5, 0.6) is 5.75 Å². The van der Waals surface area contributed by atoms with Crippen LogP contribution in [-0.2, 0) is 10.0 Å². The number of aryl methyl sites for hydroxylation is 1. The Labute approximate surface area is 140 Å². The number of nitrogens with zero attached hydrogens (tertiary/aromatic N) is 1. The molecule has 0 aliphatic rings. The normalized spacial score (nSPS) is 11.6. The first-order chi connectivity index (χ1) is 10.9. The Morgan fingerprint density at radius 1 is 1.04 bits per heavy atom. The van der Waals surface area contributed by atoms with Crippen molar-refractivity contribution in [2.24, 2.45) is 0 Å². The maximum Gasteiger partial charge on any atom is 0.264 e. The molecule has 0 saturated heterocycles. The van der Waals surface area contributed by atoms with Gasteiger partial charge in [0.1, 0.15) is 10.8 Å². The van der Waals surface area contributed by atoms with Gasteiger partial charge in [0, 0.05) is 11.7 Å². The number of thiophene rings is 1. The Morgan fingerprint density at radius 3 is 2.39 bits per heavy atom. The van der Waals surface area contributed by atoms with E-state index in [4.69, 9.17) is 4.74 Å². The van der Waals surface area contributed by atoms with Crippen LogP contribution in [0.2, 0.25) is 0 Å². The van der Waals surface area contributed by atoms with Gasteiger partial charge in [-0.3, -0.25) is 4.31 Å². The lowest BCUT2D eigenvalue weighted by molar-refractivity contribution is 0.415. The molecule has 0 spiro atoms. The summed E-state index contributed by atoms with van der Waals surface area (Å²) in [7, 11) is -0.366. The molecule has 1 heterocycles. The summed E-state index contributed by atoms with van der Waals surface area (Å²) in [5, 5.41) is 1.64. The van der Waals surface area contributed by atoms with E-state index in [1.165, 1.54) is 15.6 Å². The van der Waals surface area contributed by atoms with E-state index in [2.05, 4.69) is 0 Å². The smallest absolute Gasteiger partial charge is 0.264 e. The third-order valence-corrected chi connectivity index (χ3v) is 6.79. The van der Waals surface area contributed by atoms with Gasteiger partial charge in [0.2, 0.25) is 0 Å². The second kappa shape index (κ2) is 5.86. The van der Waals surface area contributed by atoms with E-state index in [1.54, 1.807) is 38.4 Å². The fourth-order valence-corrected chi connectivity index (χ4v) is 4.68. The van der Waals surface area contributed by atoms with Gasteiger partial charge in [-0.25, -0.2) is 8.42 Å². The second-order valence-electron chi connectivity index (χ2n) is 5.27. The average molecular weight is 347 g/mol. The Morgan fingerprint density at radius 2 is 1.74 bits per heavy atom. The van der Waals surface area contributed by atoms with E-state index < -0.39 is 10.0 Å². The molecular formula is C17H17NO3S2. The number of hydrogen-bond acceptors (Lipinski definition) is 4. The fourth-order valence-electron chi connectivity index (χ4n) is 2.28. The van der Waals surface area contributed by atoms with Gasteiger partial charge < -0.3 is 4.74 Å². The quantitative estimate of drug-likeness (QED) is 0.715. The van der Waals surface area contributed by atoms with Crippen molar-refractivity contribution in [3.05, 3.63) is 54.1 Å². The molecule has 0 aliphatic heterocycles. The van der Waals surface area contributed by atoms with Crippen molar-refractivity contribution in [1.29, 1.82) is 0 Å². The molecule has 0 fully saturated rings. The van der Waals surface area contributed by atoms with Crippen LogP contribution in [-0.4, -0.2) is 22.6 Å². The summed E-state index contributed by atoms with van der Waals surface area (Å²) in [6.45, 7) is 1.93. The maximum atomic E-state index is 12.8. The van der Waals surface area contributed by atoms with Crippen LogP contribution in [0.25, 0.3) is 10.1 Å². The van der Waals surface area contributed by atoms with Crippen molar-refractivity contribution < 1.29 is 13.2 Å². The molecule has 0 radical (unpaired) electrons. The third-order valence-electron chi connectivity index (χ3n) is 3.70. The topological polar surface area (TPSA) is 46.6 Å². The Hall–Kier alpha value is -2.05. The highest BCUT2D eigenvalue weighted by Gasteiger charge is 2.22. The van der Waals surface area contributed by atoms with Gasteiger partial charge in [0.15, 0.2) is 0 Å². The minimum Gasteiger partial charge on any atom is -0.497 e. The molecule has 120 valence electrons. The largest absolute Gasteiger partial charge is 0.497 e. The van der Waals surface area contributed by atoms with Gasteiger partial charge in [-0.1, -0.05) is 17.7 Å². The van der Waals surface area contributed by atoms with Crippen LogP contribution in [0.4, 0.5) is 5.00 Å². The lowest BCUT2D eigenvalue weighted by Crippen LogP contribution is -2.25. The molecule has 0 amide bonds. The molecule has 0 saturated carbocycles. The van der Waals surface area contributed by atoms with E-state index in [1.807, 2.05) is 31.2 Å². The molecule has 0 N–H and O–H groups in total. The van der Waals surface area contributed by atoms with E-state index >= 15 is 0 Å². The van der Waals surface area contributed by atoms with Crippen molar-refractivity contribution in [2.45, 2.75) is 11.8 Å². The van der Waals surface area contributed by atoms with Crippen molar-refractivity contribution in [2.75, 3.05) is 18.5 Å². The number of rotatable bonds is 4. The maximum absolute atomic E-state index is 12.8. The van der Waals surface area contributed by atoms with Crippen LogP contribution < -0.4 is 9.04 Å². The minimum absolute atomic E-state index is 0.292. The first-order valence-corrected chi connectivity index (χ1v) is 9.30. The third kappa shape index (κ3) is 2.92. The van der Waals surface area contributed by atoms with E-state index in [0.29, 0.717) is 9.90 Å². The van der Waals surface area contributed by atoms with E-state index in [0.717, 1.165) is 21.4 Å². The number of hydrogen-bond donors (Lipinski definition) is 0. The fraction of sp³-hybridized carbons (Fsp3) is 0.176. The van der Waals surface area contributed by atoms with Crippen molar-refractivity contribution in [3.8, 4) is 5.75 Å². The van der Waals surface area contributed by atoms with Crippen LogP contribution in [0.3, 0.4) is 0 Å². The zero-order valence-corrected chi connectivity index (χ0v) is 14.7. The Kier molecular flexibility index (Phi) is 4.04. The number of benzene rings is 2.